The topological polar surface area (TPSA) is 54.6 Å². The van der Waals surface area contributed by atoms with E-state index in [0.29, 0.717) is 17.1 Å². The molecule has 0 aliphatic carbocycles. The number of esters is 1. The first-order valence-corrected chi connectivity index (χ1v) is 8.29. The Bertz CT molecular complexity index is 949. The van der Waals surface area contributed by atoms with E-state index in [4.69, 9.17) is 9.47 Å². The van der Waals surface area contributed by atoms with Gasteiger partial charge in [-0.3, -0.25) is 0 Å². The summed E-state index contributed by atoms with van der Waals surface area (Å²) in [4.78, 5) is 17.6. The van der Waals surface area contributed by atoms with Gasteiger partial charge >= 0.3 is 5.97 Å². The lowest BCUT2D eigenvalue weighted by Crippen LogP contribution is -2.27. The number of methoxy groups -OCH3 is 2. The fourth-order valence-electron chi connectivity index (χ4n) is 3.11. The maximum Gasteiger partial charge on any atom is 0.342 e. The highest BCUT2D eigenvalue weighted by Crippen LogP contribution is 2.36. The third-order valence-corrected chi connectivity index (χ3v) is 4.25. The molecule has 0 spiro atoms. The van der Waals surface area contributed by atoms with Gasteiger partial charge in [-0.1, -0.05) is 18.2 Å². The van der Waals surface area contributed by atoms with Crippen LogP contribution in [0.25, 0.3) is 10.9 Å². The molecule has 1 aromatic heterocycles. The molecule has 0 radical (unpaired) electrons. The van der Waals surface area contributed by atoms with Crippen LogP contribution in [-0.2, 0) is 4.74 Å². The lowest BCUT2D eigenvalue weighted by molar-refractivity contribution is 0.0604. The van der Waals surface area contributed by atoms with E-state index in [1.54, 1.807) is 12.1 Å². The molecule has 0 fully saturated rings. The second-order valence-electron chi connectivity index (χ2n) is 6.17. The number of anilines is 2. The quantitative estimate of drug-likeness (QED) is 0.676. The average molecular weight is 356 g/mol. The molecule has 3 aromatic rings. The van der Waals surface area contributed by atoms with Crippen LogP contribution in [0.4, 0.5) is 15.9 Å². The molecule has 0 bridgehead atoms. The zero-order valence-electron chi connectivity index (χ0n) is 15.2. The highest BCUT2D eigenvalue weighted by atomic mass is 19.1. The molecule has 3 rings (SSSR count). The van der Waals surface area contributed by atoms with Crippen molar-refractivity contribution < 1.29 is 18.7 Å². The minimum absolute atomic E-state index is 0.0423. The molecule has 5 nitrogen and oxygen atoms in total. The maximum atomic E-state index is 14.3. The van der Waals surface area contributed by atoms with Crippen LogP contribution in [0.3, 0.4) is 0 Å². The Hall–Kier alpha value is -3.02. The smallest absolute Gasteiger partial charge is 0.342 e. The Labute approximate surface area is 151 Å². The number of carbonyl (C=O) groups is 1. The van der Waals surface area contributed by atoms with E-state index in [1.807, 2.05) is 43.0 Å². The number of H-pyrrole nitrogens is 1. The van der Waals surface area contributed by atoms with Crippen LogP contribution >= 0.6 is 0 Å². The number of ether oxygens (including phenoxy) is 2. The molecule has 0 saturated heterocycles. The number of halogens is 1. The standard InChI is InChI=1S/C20H21FN2O3/c1-12(2)23(13-9-10-17(25-3)15(21)11-13)19-18(20(24)26-4)14-7-5-6-8-16(14)22-19/h5-12,22H,1-4H3. The first-order valence-electron chi connectivity index (χ1n) is 8.29. The van der Waals surface area contributed by atoms with Crippen molar-refractivity contribution in [2.45, 2.75) is 19.9 Å². The van der Waals surface area contributed by atoms with Gasteiger partial charge in [-0.05, 0) is 32.0 Å². The van der Waals surface area contributed by atoms with Crippen molar-refractivity contribution in [1.82, 2.24) is 4.98 Å². The summed E-state index contributed by atoms with van der Waals surface area (Å²) in [6.45, 7) is 3.93. The molecule has 6 heteroatoms. The fraction of sp³-hybridized carbons (Fsp3) is 0.250. The number of carbonyl (C=O) groups excluding carboxylic acids is 1. The molecule has 26 heavy (non-hydrogen) atoms. The number of aromatic nitrogens is 1. The molecule has 0 aliphatic heterocycles. The Kier molecular flexibility index (Phi) is 4.84. The first-order chi connectivity index (χ1) is 12.5. The van der Waals surface area contributed by atoms with Crippen molar-refractivity contribution >= 4 is 28.4 Å². The number of nitrogens with one attached hydrogen (secondary N) is 1. The maximum absolute atomic E-state index is 14.3. The molecular weight excluding hydrogens is 335 g/mol. The summed E-state index contributed by atoms with van der Waals surface area (Å²) in [5.74, 6) is -0.177. The van der Waals surface area contributed by atoms with Crippen molar-refractivity contribution in [2.75, 3.05) is 19.1 Å². The largest absolute Gasteiger partial charge is 0.494 e. The third kappa shape index (κ3) is 2.98. The lowest BCUT2D eigenvalue weighted by atomic mass is 10.1. The number of fused-ring (bicyclic) bond motifs is 1. The number of hydrogen-bond acceptors (Lipinski definition) is 4. The summed E-state index contributed by atoms with van der Waals surface area (Å²) < 4.78 is 24.3. The lowest BCUT2D eigenvalue weighted by Gasteiger charge is -2.29. The molecule has 0 saturated carbocycles. The molecule has 1 heterocycles. The Morgan fingerprint density at radius 1 is 1.15 bits per heavy atom. The van der Waals surface area contributed by atoms with E-state index < -0.39 is 11.8 Å². The summed E-state index contributed by atoms with van der Waals surface area (Å²) in [5.41, 5.74) is 1.84. The molecule has 0 amide bonds. The molecule has 0 unspecified atom stereocenters. The number of benzene rings is 2. The Balaban J connectivity index is 2.23. The predicted molar refractivity (Wildman–Crippen MR) is 99.9 cm³/mol. The summed E-state index contributed by atoms with van der Waals surface area (Å²) in [5, 5.41) is 0.758. The Morgan fingerprint density at radius 3 is 2.50 bits per heavy atom. The number of aromatic amines is 1. The second-order valence-corrected chi connectivity index (χ2v) is 6.17. The van der Waals surface area contributed by atoms with Crippen LogP contribution in [0.2, 0.25) is 0 Å². The predicted octanol–water partition coefficient (Wildman–Crippen LogP) is 4.65. The summed E-state index contributed by atoms with van der Waals surface area (Å²) >= 11 is 0. The van der Waals surface area contributed by atoms with Gasteiger partial charge in [0.1, 0.15) is 11.4 Å². The van der Waals surface area contributed by atoms with E-state index in [2.05, 4.69) is 4.98 Å². The van der Waals surface area contributed by atoms with Gasteiger partial charge in [-0.2, -0.15) is 0 Å². The molecule has 0 atom stereocenters. The Morgan fingerprint density at radius 2 is 1.88 bits per heavy atom. The van der Waals surface area contributed by atoms with Gasteiger partial charge < -0.3 is 19.4 Å². The minimum atomic E-state index is -0.466. The molecule has 136 valence electrons. The first kappa shape index (κ1) is 17.8. The van der Waals surface area contributed by atoms with Crippen LogP contribution in [0.15, 0.2) is 42.5 Å². The highest BCUT2D eigenvalue weighted by molar-refractivity contribution is 6.10. The van der Waals surface area contributed by atoms with E-state index in [0.717, 1.165) is 10.9 Å². The number of rotatable bonds is 5. The van der Waals surface area contributed by atoms with Crippen LogP contribution in [0.1, 0.15) is 24.2 Å². The van der Waals surface area contributed by atoms with Gasteiger partial charge in [0.25, 0.3) is 0 Å². The van der Waals surface area contributed by atoms with Gasteiger partial charge in [0.05, 0.1) is 14.2 Å². The zero-order valence-corrected chi connectivity index (χ0v) is 15.2. The van der Waals surface area contributed by atoms with Crippen molar-refractivity contribution in [2.24, 2.45) is 0 Å². The third-order valence-electron chi connectivity index (χ3n) is 4.25. The molecule has 2 aromatic carbocycles. The van der Waals surface area contributed by atoms with Gasteiger partial charge in [-0.25, -0.2) is 9.18 Å². The minimum Gasteiger partial charge on any atom is -0.494 e. The normalized spacial score (nSPS) is 11.0. The van der Waals surface area contributed by atoms with E-state index >= 15 is 0 Å². The number of para-hydroxylation sites is 1. The molecule has 0 aliphatic rings. The van der Waals surface area contributed by atoms with Gasteiger partial charge in [0.2, 0.25) is 0 Å². The van der Waals surface area contributed by atoms with Crippen LogP contribution in [0.5, 0.6) is 5.75 Å². The van der Waals surface area contributed by atoms with Crippen molar-refractivity contribution in [3.63, 3.8) is 0 Å². The van der Waals surface area contributed by atoms with Crippen molar-refractivity contribution in [3.8, 4) is 5.75 Å². The van der Waals surface area contributed by atoms with E-state index in [9.17, 15) is 9.18 Å². The van der Waals surface area contributed by atoms with Gasteiger partial charge in [-0.15, -0.1) is 0 Å². The SMILES string of the molecule is COC(=O)c1c(N(c2ccc(OC)c(F)c2)C(C)C)[nH]c2ccccc12. The van der Waals surface area contributed by atoms with Crippen molar-refractivity contribution in [3.05, 3.63) is 53.8 Å². The summed E-state index contributed by atoms with van der Waals surface area (Å²) in [6, 6.07) is 12.2. The van der Waals surface area contributed by atoms with Crippen molar-refractivity contribution in [1.29, 1.82) is 0 Å². The molecule has 1 N–H and O–H groups in total. The average Bonchev–Trinajstić information content (AvgIpc) is 3.00. The van der Waals surface area contributed by atoms with E-state index in [1.165, 1.54) is 20.3 Å². The zero-order chi connectivity index (χ0) is 18.8. The number of nitrogens with zero attached hydrogens (tertiary/aromatic N) is 1. The van der Waals surface area contributed by atoms with Gasteiger partial charge in [0.15, 0.2) is 11.6 Å². The highest BCUT2D eigenvalue weighted by Gasteiger charge is 2.26. The van der Waals surface area contributed by atoms with Gasteiger partial charge in [0, 0.05) is 28.7 Å². The van der Waals surface area contributed by atoms with E-state index in [-0.39, 0.29) is 11.8 Å². The van der Waals surface area contributed by atoms with Crippen LogP contribution < -0.4 is 9.64 Å². The summed E-state index contributed by atoms with van der Waals surface area (Å²) in [7, 11) is 2.77. The number of hydrogen-bond donors (Lipinski definition) is 1. The van der Waals surface area contributed by atoms with Crippen LogP contribution in [0, 0.1) is 5.82 Å². The monoisotopic (exact) mass is 356 g/mol. The fourth-order valence-corrected chi connectivity index (χ4v) is 3.11. The molecular formula is C20H21FN2O3. The second kappa shape index (κ2) is 7.07. The van der Waals surface area contributed by atoms with Crippen LogP contribution in [-0.4, -0.2) is 31.2 Å². The summed E-state index contributed by atoms with van der Waals surface area (Å²) in [6.07, 6.45) is 0.